The van der Waals surface area contributed by atoms with Crippen LogP contribution in [0.1, 0.15) is 74.4 Å². The smallest absolute Gasteiger partial charge is 0.306 e. The van der Waals surface area contributed by atoms with Crippen LogP contribution in [0, 0.1) is 11.8 Å². The molecule has 1 heterocycles. The van der Waals surface area contributed by atoms with Gasteiger partial charge in [0.15, 0.2) is 0 Å². The second-order valence-corrected chi connectivity index (χ2v) is 8.38. The van der Waals surface area contributed by atoms with Crippen LogP contribution in [0.15, 0.2) is 5.38 Å². The Hall–Kier alpha value is -1.43. The molecule has 1 aromatic heterocycles. The maximum atomic E-state index is 12.3. The summed E-state index contributed by atoms with van der Waals surface area (Å²) in [6.45, 7) is 0.588. The molecule has 0 bridgehead atoms. The molecule has 2 fully saturated rings. The normalized spacial score (nSPS) is 24.8. The molecule has 0 saturated heterocycles. The quantitative estimate of drug-likeness (QED) is 0.806. The third-order valence-electron chi connectivity index (χ3n) is 5.63. The zero-order chi connectivity index (χ0) is 17.6. The second-order valence-electron chi connectivity index (χ2n) is 7.44. The van der Waals surface area contributed by atoms with E-state index in [1.54, 1.807) is 11.3 Å². The fraction of sp³-hybridized carbons (Fsp3) is 0.737. The molecule has 5 nitrogen and oxygen atoms in total. The fourth-order valence-corrected chi connectivity index (χ4v) is 4.99. The minimum absolute atomic E-state index is 0.00927. The number of carboxylic acids is 1. The van der Waals surface area contributed by atoms with Crippen molar-refractivity contribution in [3.05, 3.63) is 16.1 Å². The van der Waals surface area contributed by atoms with Crippen molar-refractivity contribution in [1.29, 1.82) is 0 Å². The number of aliphatic carboxylic acids is 1. The molecule has 1 amide bonds. The molecule has 0 aliphatic heterocycles. The summed E-state index contributed by atoms with van der Waals surface area (Å²) >= 11 is 1.69. The van der Waals surface area contributed by atoms with E-state index in [9.17, 15) is 9.59 Å². The number of carbonyl (C=O) groups excluding carboxylic acids is 1. The van der Waals surface area contributed by atoms with E-state index in [0.717, 1.165) is 24.3 Å². The highest BCUT2D eigenvalue weighted by Crippen LogP contribution is 2.33. The lowest BCUT2D eigenvalue weighted by molar-refractivity contribution is -0.144. The van der Waals surface area contributed by atoms with E-state index in [-0.39, 0.29) is 17.7 Å². The second kappa shape index (κ2) is 8.79. The van der Waals surface area contributed by atoms with Crippen molar-refractivity contribution in [2.75, 3.05) is 6.54 Å². The van der Waals surface area contributed by atoms with E-state index in [2.05, 4.69) is 10.7 Å². The standard InChI is InChI=1S/C19H28N2O3S/c22-18(14-7-4-8-15(11-14)19(23)24)20-10-9-17-21-16(12-25-17)13-5-2-1-3-6-13/h12-15H,1-11H2,(H,20,22)(H,23,24). The van der Waals surface area contributed by atoms with Crippen molar-refractivity contribution < 1.29 is 14.7 Å². The number of aromatic nitrogens is 1. The first-order valence-corrected chi connectivity index (χ1v) is 10.5. The van der Waals surface area contributed by atoms with Crippen molar-refractivity contribution in [2.45, 2.75) is 70.1 Å². The predicted octanol–water partition coefficient (Wildman–Crippen LogP) is 3.74. The SMILES string of the molecule is O=C(O)C1CCCC(C(=O)NCCc2nc(C3CCCCC3)cs2)C1. The number of nitrogens with zero attached hydrogens (tertiary/aromatic N) is 1. The number of rotatable bonds is 6. The maximum Gasteiger partial charge on any atom is 0.306 e. The van der Waals surface area contributed by atoms with Crippen LogP contribution in [0.3, 0.4) is 0 Å². The van der Waals surface area contributed by atoms with E-state index in [4.69, 9.17) is 10.1 Å². The van der Waals surface area contributed by atoms with Crippen LogP contribution in [0.4, 0.5) is 0 Å². The lowest BCUT2D eigenvalue weighted by atomic mass is 9.81. The molecule has 2 N–H and O–H groups in total. The van der Waals surface area contributed by atoms with Gasteiger partial charge < -0.3 is 10.4 Å². The van der Waals surface area contributed by atoms with Gasteiger partial charge in [-0.25, -0.2) is 4.98 Å². The molecule has 2 saturated carbocycles. The van der Waals surface area contributed by atoms with Crippen molar-refractivity contribution in [2.24, 2.45) is 11.8 Å². The molecule has 0 aromatic carbocycles. The Kier molecular flexibility index (Phi) is 6.45. The van der Waals surface area contributed by atoms with Crippen molar-refractivity contribution in [3.63, 3.8) is 0 Å². The van der Waals surface area contributed by atoms with Gasteiger partial charge in [0, 0.05) is 30.2 Å². The van der Waals surface area contributed by atoms with Crippen LogP contribution in [0.25, 0.3) is 0 Å². The molecule has 2 atom stereocenters. The highest BCUT2D eigenvalue weighted by molar-refractivity contribution is 7.09. The Morgan fingerprint density at radius 3 is 2.64 bits per heavy atom. The average Bonchev–Trinajstić information content (AvgIpc) is 3.11. The van der Waals surface area contributed by atoms with Crippen molar-refractivity contribution >= 4 is 23.2 Å². The number of carbonyl (C=O) groups is 2. The van der Waals surface area contributed by atoms with Gasteiger partial charge in [0.05, 0.1) is 16.6 Å². The maximum absolute atomic E-state index is 12.3. The zero-order valence-electron chi connectivity index (χ0n) is 14.7. The molecular weight excluding hydrogens is 336 g/mol. The highest BCUT2D eigenvalue weighted by Gasteiger charge is 2.30. The van der Waals surface area contributed by atoms with Crippen molar-refractivity contribution in [1.82, 2.24) is 10.3 Å². The Morgan fingerprint density at radius 2 is 1.88 bits per heavy atom. The topological polar surface area (TPSA) is 79.3 Å². The summed E-state index contributed by atoms with van der Waals surface area (Å²) < 4.78 is 0. The third kappa shape index (κ3) is 5.03. The third-order valence-corrected chi connectivity index (χ3v) is 6.55. The highest BCUT2D eigenvalue weighted by atomic mass is 32.1. The largest absolute Gasteiger partial charge is 0.481 e. The van der Waals surface area contributed by atoms with Gasteiger partial charge in [0.2, 0.25) is 5.91 Å². The lowest BCUT2D eigenvalue weighted by Crippen LogP contribution is -2.36. The Balaban J connectivity index is 1.42. The Morgan fingerprint density at radius 1 is 1.12 bits per heavy atom. The summed E-state index contributed by atoms with van der Waals surface area (Å²) in [5.41, 5.74) is 1.24. The zero-order valence-corrected chi connectivity index (χ0v) is 15.5. The molecular formula is C19H28N2O3S. The molecule has 2 unspecified atom stereocenters. The van der Waals surface area contributed by atoms with Crippen LogP contribution in [0.5, 0.6) is 0 Å². The van der Waals surface area contributed by atoms with Gasteiger partial charge in [-0.15, -0.1) is 11.3 Å². The summed E-state index contributed by atoms with van der Waals surface area (Å²) in [7, 11) is 0. The molecule has 1 aromatic rings. The van der Waals surface area contributed by atoms with Gasteiger partial charge in [0.25, 0.3) is 0 Å². The van der Waals surface area contributed by atoms with Crippen LogP contribution in [-0.2, 0) is 16.0 Å². The molecule has 0 radical (unpaired) electrons. The van der Waals surface area contributed by atoms with Crippen LogP contribution < -0.4 is 5.32 Å². The molecule has 25 heavy (non-hydrogen) atoms. The first-order valence-electron chi connectivity index (χ1n) is 9.58. The Labute approximate surface area is 153 Å². The number of hydrogen-bond acceptors (Lipinski definition) is 4. The van der Waals surface area contributed by atoms with Gasteiger partial charge >= 0.3 is 5.97 Å². The Bertz CT molecular complexity index is 595. The lowest BCUT2D eigenvalue weighted by Gasteiger charge is -2.25. The minimum Gasteiger partial charge on any atom is -0.481 e. The van der Waals surface area contributed by atoms with Gasteiger partial charge in [-0.05, 0) is 32.1 Å². The van der Waals surface area contributed by atoms with Crippen LogP contribution in [0.2, 0.25) is 0 Å². The monoisotopic (exact) mass is 364 g/mol. The molecule has 3 rings (SSSR count). The van der Waals surface area contributed by atoms with Gasteiger partial charge in [0.1, 0.15) is 0 Å². The number of nitrogens with one attached hydrogen (secondary N) is 1. The molecule has 2 aliphatic carbocycles. The number of hydrogen-bond donors (Lipinski definition) is 2. The predicted molar refractivity (Wildman–Crippen MR) is 97.7 cm³/mol. The average molecular weight is 365 g/mol. The molecule has 6 heteroatoms. The van der Waals surface area contributed by atoms with Gasteiger partial charge in [-0.2, -0.15) is 0 Å². The molecule has 138 valence electrons. The summed E-state index contributed by atoms with van der Waals surface area (Å²) in [6, 6.07) is 0. The molecule has 0 spiro atoms. The van der Waals surface area contributed by atoms with E-state index >= 15 is 0 Å². The van der Waals surface area contributed by atoms with Gasteiger partial charge in [-0.1, -0.05) is 25.7 Å². The summed E-state index contributed by atoms with van der Waals surface area (Å²) in [5.74, 6) is -0.639. The summed E-state index contributed by atoms with van der Waals surface area (Å²) in [5, 5.41) is 15.4. The molecule has 2 aliphatic rings. The fourth-order valence-electron chi connectivity index (χ4n) is 4.11. The van der Waals surface area contributed by atoms with Gasteiger partial charge in [-0.3, -0.25) is 9.59 Å². The van der Waals surface area contributed by atoms with Crippen LogP contribution >= 0.6 is 11.3 Å². The first kappa shape index (κ1) is 18.4. The summed E-state index contributed by atoms with van der Waals surface area (Å²) in [6.07, 6.45) is 10.1. The first-order chi connectivity index (χ1) is 12.1. The number of carboxylic acid groups (broad SMARTS) is 1. The number of amides is 1. The van der Waals surface area contributed by atoms with Crippen LogP contribution in [-0.4, -0.2) is 28.5 Å². The van der Waals surface area contributed by atoms with E-state index in [1.165, 1.54) is 37.8 Å². The van der Waals surface area contributed by atoms with Crippen molar-refractivity contribution in [3.8, 4) is 0 Å². The minimum atomic E-state index is -0.768. The van der Waals surface area contributed by atoms with E-state index in [1.807, 2.05) is 0 Å². The van der Waals surface area contributed by atoms with E-state index in [0.29, 0.717) is 25.3 Å². The van der Waals surface area contributed by atoms with E-state index < -0.39 is 5.97 Å². The summed E-state index contributed by atoms with van der Waals surface area (Å²) in [4.78, 5) is 28.2. The number of thiazole rings is 1.